The van der Waals surface area contributed by atoms with Crippen LogP contribution in [0.2, 0.25) is 0 Å². The fourth-order valence-electron chi connectivity index (χ4n) is 14.7. The van der Waals surface area contributed by atoms with E-state index < -0.39 is 0 Å². The fourth-order valence-corrected chi connectivity index (χ4v) is 14.7. The molecule has 86 heavy (non-hydrogen) atoms. The molecule has 0 radical (unpaired) electrons. The van der Waals surface area contributed by atoms with Crippen LogP contribution in [0.5, 0.6) is 23.0 Å². The van der Waals surface area contributed by atoms with Gasteiger partial charge in [0.05, 0.1) is 17.4 Å². The molecule has 0 saturated heterocycles. The minimum absolute atomic E-state index is 0.104. The molecule has 0 aromatic heterocycles. The summed E-state index contributed by atoms with van der Waals surface area (Å²) >= 11 is 0. The van der Waals surface area contributed by atoms with Crippen LogP contribution >= 0.6 is 0 Å². The summed E-state index contributed by atoms with van der Waals surface area (Å²) in [6.45, 7) is -0.363. The molecule has 4 aliphatic heterocycles. The first-order valence-electron chi connectivity index (χ1n) is 30.0. The Morgan fingerprint density at radius 2 is 0.837 bits per heavy atom. The van der Waals surface area contributed by atoms with Gasteiger partial charge in [0.25, 0.3) is 13.4 Å². The summed E-state index contributed by atoms with van der Waals surface area (Å²) in [5, 5.41) is 0. The van der Waals surface area contributed by atoms with Crippen molar-refractivity contribution in [1.82, 2.24) is 0 Å². The van der Waals surface area contributed by atoms with Crippen molar-refractivity contribution < 1.29 is 9.47 Å². The van der Waals surface area contributed by atoms with Gasteiger partial charge >= 0.3 is 0 Å². The molecule has 0 bridgehead atoms. The standard InChI is InChI=1S/C78H56B2N4O2/c1-8-27-53(28-9-1)62-41-26-42-63(54-29-10-2-11-30-54)78(62)84-69-52-73-67(80-65-44-23-25-46-72(65)85-74-49-61(50-75(86-73)77(74)80)82(57-35-16-5-17-36-57)58-37-18-6-19-38-58)51-66(69)79-64-43-22-24-45-68(64)83(59-39-20-7-21-40-59)70-47-60(48-71(84)76(70)79)81(55-31-12-3-13-32-55)56-33-14-4-15-34-56/h1-25,27-41,43-52,63,78H,26,42H2. The molecule has 0 amide bonds. The quantitative estimate of drug-likeness (QED) is 0.127. The third-order valence-corrected chi connectivity index (χ3v) is 18.2. The summed E-state index contributed by atoms with van der Waals surface area (Å²) in [5.74, 6) is 3.35. The van der Waals surface area contributed by atoms with Gasteiger partial charge in [0.1, 0.15) is 23.0 Å². The maximum Gasteiger partial charge on any atom is 0.260 e. The highest BCUT2D eigenvalue weighted by atomic mass is 16.5. The molecule has 6 nitrogen and oxygen atoms in total. The highest BCUT2D eigenvalue weighted by molar-refractivity contribution is 7.02. The lowest BCUT2D eigenvalue weighted by molar-refractivity contribution is 0.464. The molecule has 8 heteroatoms. The molecule has 0 fully saturated rings. The van der Waals surface area contributed by atoms with Crippen molar-refractivity contribution in [3.63, 3.8) is 0 Å². The third-order valence-electron chi connectivity index (χ3n) is 18.2. The average Bonchev–Trinajstić information content (AvgIpc) is 0.972. The van der Waals surface area contributed by atoms with Crippen LogP contribution in [0.25, 0.3) is 5.57 Å². The van der Waals surface area contributed by atoms with Gasteiger partial charge in [0, 0.05) is 80.8 Å². The van der Waals surface area contributed by atoms with Gasteiger partial charge in [-0.05, 0) is 142 Å². The lowest BCUT2D eigenvalue weighted by Crippen LogP contribution is -2.65. The van der Waals surface area contributed by atoms with Crippen LogP contribution in [0, 0.1) is 0 Å². The lowest BCUT2D eigenvalue weighted by Gasteiger charge is -2.50. The Morgan fingerprint density at radius 1 is 0.349 bits per heavy atom. The summed E-state index contributed by atoms with van der Waals surface area (Å²) in [6, 6.07) is 108. The number of benzene rings is 12. The number of para-hydroxylation sites is 7. The molecule has 406 valence electrons. The molecule has 0 saturated carbocycles. The lowest BCUT2D eigenvalue weighted by atomic mass is 9.31. The second-order valence-electron chi connectivity index (χ2n) is 23.0. The van der Waals surface area contributed by atoms with E-state index in [-0.39, 0.29) is 25.4 Å². The number of anilines is 11. The number of ether oxygens (including phenoxy) is 2. The summed E-state index contributed by atoms with van der Waals surface area (Å²) in [7, 11) is 0. The molecule has 0 spiro atoms. The van der Waals surface area contributed by atoms with Gasteiger partial charge in [-0.1, -0.05) is 200 Å². The predicted octanol–water partition coefficient (Wildman–Crippen LogP) is 16.1. The van der Waals surface area contributed by atoms with E-state index in [0.717, 1.165) is 115 Å². The first kappa shape index (κ1) is 49.9. The number of rotatable bonds is 10. The summed E-state index contributed by atoms with van der Waals surface area (Å²) < 4.78 is 14.8. The maximum atomic E-state index is 7.68. The average molecular weight is 1100 g/mol. The van der Waals surface area contributed by atoms with Crippen LogP contribution in [0.4, 0.5) is 62.6 Å². The van der Waals surface area contributed by atoms with Gasteiger partial charge in [-0.25, -0.2) is 0 Å². The zero-order chi connectivity index (χ0) is 56.7. The predicted molar refractivity (Wildman–Crippen MR) is 358 cm³/mol. The monoisotopic (exact) mass is 1100 g/mol. The molecule has 12 aromatic carbocycles. The van der Waals surface area contributed by atoms with Crippen LogP contribution < -0.4 is 61.9 Å². The van der Waals surface area contributed by atoms with E-state index in [0.29, 0.717) is 0 Å². The van der Waals surface area contributed by atoms with Crippen LogP contribution in [0.1, 0.15) is 29.9 Å². The smallest absolute Gasteiger partial charge is 0.260 e. The van der Waals surface area contributed by atoms with Crippen LogP contribution in [0.15, 0.2) is 303 Å². The van der Waals surface area contributed by atoms with Gasteiger partial charge in [0.2, 0.25) is 0 Å². The van der Waals surface area contributed by atoms with Gasteiger partial charge < -0.3 is 29.1 Å². The number of hydrogen-bond acceptors (Lipinski definition) is 6. The largest absolute Gasteiger partial charge is 0.458 e. The molecule has 1 aliphatic carbocycles. The number of fused-ring (bicyclic) bond motifs is 8. The zero-order valence-electron chi connectivity index (χ0n) is 47.2. The van der Waals surface area contributed by atoms with Crippen molar-refractivity contribution >= 4 is 114 Å². The minimum Gasteiger partial charge on any atom is -0.458 e. The van der Waals surface area contributed by atoms with Crippen molar-refractivity contribution in [2.75, 3.05) is 19.6 Å². The molecule has 5 aliphatic rings. The first-order chi connectivity index (χ1) is 42.7. The zero-order valence-corrected chi connectivity index (χ0v) is 47.2. The van der Waals surface area contributed by atoms with Crippen LogP contribution in [0.3, 0.4) is 0 Å². The summed E-state index contributed by atoms with van der Waals surface area (Å²) in [4.78, 5) is 10.0. The Kier molecular flexibility index (Phi) is 11.9. The molecular formula is C78H56B2N4O2. The van der Waals surface area contributed by atoms with Crippen LogP contribution in [-0.2, 0) is 0 Å². The van der Waals surface area contributed by atoms with E-state index in [1.807, 2.05) is 0 Å². The Hall–Kier alpha value is -10.7. The van der Waals surface area contributed by atoms with Crippen molar-refractivity contribution in [1.29, 1.82) is 0 Å². The second kappa shape index (κ2) is 20.6. The normalized spacial score (nSPS) is 15.5. The van der Waals surface area contributed by atoms with Gasteiger partial charge in [-0.3, -0.25) is 0 Å². The Balaban J connectivity index is 0.977. The molecule has 2 atom stereocenters. The molecular weight excluding hydrogens is 1050 g/mol. The molecule has 2 unspecified atom stereocenters. The highest BCUT2D eigenvalue weighted by Gasteiger charge is 2.50. The van der Waals surface area contributed by atoms with E-state index in [2.05, 4.69) is 323 Å². The van der Waals surface area contributed by atoms with Crippen molar-refractivity contribution in [2.24, 2.45) is 0 Å². The van der Waals surface area contributed by atoms with Gasteiger partial charge in [-0.2, -0.15) is 0 Å². The number of hydrogen-bond donors (Lipinski definition) is 0. The van der Waals surface area contributed by atoms with E-state index in [4.69, 9.17) is 9.47 Å². The summed E-state index contributed by atoms with van der Waals surface area (Å²) in [5.41, 5.74) is 22.8. The molecule has 4 heterocycles. The SMILES string of the molecule is C1=C(c2ccccc2)C(N2c3cc4c(cc3B3c5ccccc5N(c5ccccc5)c5cc(N(c6ccccc6)c6ccccc6)cc2c53)B2c3ccccc3Oc3cc(N(c5ccccc5)c5ccccc5)cc(c32)O4)C(c2ccccc2)CC1. The fraction of sp³-hybridized carbons (Fsp3) is 0.0513. The highest BCUT2D eigenvalue weighted by Crippen LogP contribution is 2.52. The van der Waals surface area contributed by atoms with E-state index in [1.165, 1.54) is 33.1 Å². The van der Waals surface area contributed by atoms with Gasteiger partial charge in [0.15, 0.2) is 0 Å². The molecule has 17 rings (SSSR count). The van der Waals surface area contributed by atoms with Crippen molar-refractivity contribution in [3.8, 4) is 23.0 Å². The second-order valence-corrected chi connectivity index (χ2v) is 23.0. The van der Waals surface area contributed by atoms with E-state index >= 15 is 0 Å². The van der Waals surface area contributed by atoms with Crippen molar-refractivity contribution in [2.45, 2.75) is 24.8 Å². The Morgan fingerprint density at radius 3 is 1.45 bits per heavy atom. The Bertz CT molecular complexity index is 4500. The minimum atomic E-state index is -0.192. The summed E-state index contributed by atoms with van der Waals surface area (Å²) in [6.07, 6.45) is 4.46. The van der Waals surface area contributed by atoms with E-state index in [9.17, 15) is 0 Å². The number of allylic oxidation sites excluding steroid dienone is 1. The van der Waals surface area contributed by atoms with Gasteiger partial charge in [-0.15, -0.1) is 0 Å². The Labute approximate surface area is 502 Å². The number of nitrogens with zero attached hydrogens (tertiary/aromatic N) is 4. The van der Waals surface area contributed by atoms with Crippen LogP contribution in [-0.4, -0.2) is 19.5 Å². The third kappa shape index (κ3) is 8.12. The molecule has 0 N–H and O–H groups in total. The molecule has 12 aromatic rings. The van der Waals surface area contributed by atoms with Crippen molar-refractivity contribution in [3.05, 3.63) is 314 Å². The van der Waals surface area contributed by atoms with E-state index in [1.54, 1.807) is 0 Å². The first-order valence-corrected chi connectivity index (χ1v) is 30.0. The topological polar surface area (TPSA) is 31.4 Å². The maximum absolute atomic E-state index is 7.68.